The minimum atomic E-state index is -4.85. The van der Waals surface area contributed by atoms with Crippen LogP contribution in [0.25, 0.3) is 0 Å². The number of carbonyl (C=O) groups excluding carboxylic acids is 1. The van der Waals surface area contributed by atoms with Gasteiger partial charge in [0.1, 0.15) is 0 Å². The first kappa shape index (κ1) is 12.6. The lowest BCUT2D eigenvalue weighted by atomic mass is 10.1. The number of rotatable bonds is 3. The predicted octanol–water partition coefficient (Wildman–Crippen LogP) is 2.59. The van der Waals surface area contributed by atoms with Crippen LogP contribution in [0.15, 0.2) is 18.2 Å². The van der Waals surface area contributed by atoms with Crippen LogP contribution in [0.1, 0.15) is 10.4 Å². The number of alkyl halides is 4. The lowest BCUT2D eigenvalue weighted by Crippen LogP contribution is -2.18. The Morgan fingerprint density at radius 3 is 2.56 bits per heavy atom. The molecule has 3 nitrogen and oxygen atoms in total. The first-order chi connectivity index (χ1) is 7.33. The molecule has 2 N–H and O–H groups in total. The summed E-state index contributed by atoms with van der Waals surface area (Å²) >= 11 is 5.27. The molecule has 7 heteroatoms. The summed E-state index contributed by atoms with van der Waals surface area (Å²) in [5.41, 5.74) is 5.08. The SMILES string of the molecule is Nc1ccc(C(=O)CCl)cc1OC(F)(F)F. The highest BCUT2D eigenvalue weighted by molar-refractivity contribution is 6.30. The number of anilines is 1. The average Bonchev–Trinajstić information content (AvgIpc) is 2.18. The van der Waals surface area contributed by atoms with Crippen molar-refractivity contribution in [1.29, 1.82) is 0 Å². The zero-order chi connectivity index (χ0) is 12.3. The first-order valence-corrected chi connectivity index (χ1v) is 4.61. The third-order valence-corrected chi connectivity index (χ3v) is 1.93. The van der Waals surface area contributed by atoms with Gasteiger partial charge in [-0.1, -0.05) is 0 Å². The largest absolute Gasteiger partial charge is 0.573 e. The Morgan fingerprint density at radius 1 is 1.44 bits per heavy atom. The Hall–Kier alpha value is -1.43. The van der Waals surface area contributed by atoms with Gasteiger partial charge in [0.2, 0.25) is 0 Å². The monoisotopic (exact) mass is 253 g/mol. The van der Waals surface area contributed by atoms with Gasteiger partial charge in [0.15, 0.2) is 11.5 Å². The standard InChI is InChI=1S/C9H7ClF3NO2/c10-4-7(15)5-1-2-6(14)8(3-5)16-9(11,12)13/h1-3H,4,14H2. The van der Waals surface area contributed by atoms with Crippen molar-refractivity contribution in [3.63, 3.8) is 0 Å². The van der Waals surface area contributed by atoms with E-state index in [4.69, 9.17) is 17.3 Å². The minimum Gasteiger partial charge on any atom is -0.404 e. The Bertz CT molecular complexity index is 406. The maximum Gasteiger partial charge on any atom is 0.573 e. The fraction of sp³-hybridized carbons (Fsp3) is 0.222. The summed E-state index contributed by atoms with van der Waals surface area (Å²) in [5, 5.41) is 0. The summed E-state index contributed by atoms with van der Waals surface area (Å²) in [6.07, 6.45) is -4.85. The molecule has 0 saturated carbocycles. The van der Waals surface area contributed by atoms with Gasteiger partial charge >= 0.3 is 6.36 Å². The molecule has 0 bridgehead atoms. The summed E-state index contributed by atoms with van der Waals surface area (Å²) in [6.45, 7) is 0. The van der Waals surface area contributed by atoms with Gasteiger partial charge in [-0.15, -0.1) is 24.8 Å². The number of Topliss-reactive ketones (excluding diaryl/α,β-unsaturated/α-hetero) is 1. The molecule has 16 heavy (non-hydrogen) atoms. The van der Waals surface area contributed by atoms with Crippen molar-refractivity contribution in [3.8, 4) is 5.75 Å². The molecule has 0 fully saturated rings. The van der Waals surface area contributed by atoms with E-state index in [-0.39, 0.29) is 17.1 Å². The molecule has 0 amide bonds. The zero-order valence-corrected chi connectivity index (χ0v) is 8.60. The minimum absolute atomic E-state index is 0.0171. The normalized spacial score (nSPS) is 11.2. The van der Waals surface area contributed by atoms with Crippen molar-refractivity contribution >= 4 is 23.1 Å². The smallest absolute Gasteiger partial charge is 0.404 e. The van der Waals surface area contributed by atoms with E-state index in [2.05, 4.69) is 4.74 Å². The number of carbonyl (C=O) groups is 1. The second-order valence-corrected chi connectivity index (χ2v) is 3.12. The number of hydrogen-bond acceptors (Lipinski definition) is 3. The number of nitrogen functional groups attached to an aromatic ring is 1. The molecule has 0 spiro atoms. The number of halogens is 4. The summed E-state index contributed by atoms with van der Waals surface area (Å²) < 4.78 is 39.5. The molecule has 1 rings (SSSR count). The van der Waals surface area contributed by atoms with E-state index < -0.39 is 17.9 Å². The summed E-state index contributed by atoms with van der Waals surface area (Å²) in [5.74, 6) is -1.44. The van der Waals surface area contributed by atoms with Gasteiger partial charge in [-0.2, -0.15) is 0 Å². The highest BCUT2D eigenvalue weighted by Crippen LogP contribution is 2.29. The van der Waals surface area contributed by atoms with Gasteiger partial charge in [0.05, 0.1) is 11.6 Å². The van der Waals surface area contributed by atoms with Gasteiger partial charge in [-0.25, -0.2) is 0 Å². The van der Waals surface area contributed by atoms with Gasteiger partial charge in [-0.05, 0) is 18.2 Å². The third kappa shape index (κ3) is 3.30. The summed E-state index contributed by atoms with van der Waals surface area (Å²) in [6, 6.07) is 3.34. The number of benzene rings is 1. The van der Waals surface area contributed by atoms with Crippen LogP contribution in [0.5, 0.6) is 5.75 Å². The maximum atomic E-state index is 11.9. The topological polar surface area (TPSA) is 52.3 Å². The zero-order valence-electron chi connectivity index (χ0n) is 7.84. The highest BCUT2D eigenvalue weighted by atomic mass is 35.5. The Morgan fingerprint density at radius 2 is 2.06 bits per heavy atom. The van der Waals surface area contributed by atoms with Crippen LogP contribution in [0.2, 0.25) is 0 Å². The quantitative estimate of drug-likeness (QED) is 0.512. The van der Waals surface area contributed by atoms with E-state index in [1.165, 1.54) is 6.07 Å². The molecule has 0 atom stereocenters. The van der Waals surface area contributed by atoms with Crippen molar-refractivity contribution in [2.45, 2.75) is 6.36 Å². The third-order valence-electron chi connectivity index (χ3n) is 1.68. The van der Waals surface area contributed by atoms with Crippen LogP contribution in [0.3, 0.4) is 0 Å². The molecular formula is C9H7ClF3NO2. The second-order valence-electron chi connectivity index (χ2n) is 2.86. The molecular weight excluding hydrogens is 247 g/mol. The fourth-order valence-corrected chi connectivity index (χ4v) is 1.15. The molecule has 88 valence electrons. The van der Waals surface area contributed by atoms with Gasteiger partial charge in [0.25, 0.3) is 0 Å². The number of nitrogens with two attached hydrogens (primary N) is 1. The van der Waals surface area contributed by atoms with Gasteiger partial charge in [0, 0.05) is 5.56 Å². The molecule has 0 aromatic heterocycles. The van der Waals surface area contributed by atoms with Gasteiger partial charge in [-0.3, -0.25) is 4.79 Å². The Balaban J connectivity index is 3.04. The van der Waals surface area contributed by atoms with E-state index in [1.54, 1.807) is 0 Å². The van der Waals surface area contributed by atoms with E-state index in [0.717, 1.165) is 12.1 Å². The molecule has 1 aromatic rings. The van der Waals surface area contributed by atoms with Crippen molar-refractivity contribution in [2.75, 3.05) is 11.6 Å². The van der Waals surface area contributed by atoms with Gasteiger partial charge < -0.3 is 10.5 Å². The summed E-state index contributed by atoms with van der Waals surface area (Å²) in [4.78, 5) is 11.1. The van der Waals surface area contributed by atoms with Crippen molar-refractivity contribution < 1.29 is 22.7 Å². The number of hydrogen-bond donors (Lipinski definition) is 1. The van der Waals surface area contributed by atoms with Crippen LogP contribution in [0, 0.1) is 0 Å². The van der Waals surface area contributed by atoms with Crippen molar-refractivity contribution in [2.24, 2.45) is 0 Å². The Kier molecular flexibility index (Phi) is 3.64. The lowest BCUT2D eigenvalue weighted by Gasteiger charge is -2.11. The molecule has 0 radical (unpaired) electrons. The highest BCUT2D eigenvalue weighted by Gasteiger charge is 2.32. The van der Waals surface area contributed by atoms with Crippen LogP contribution in [0.4, 0.5) is 18.9 Å². The molecule has 0 saturated heterocycles. The second kappa shape index (κ2) is 4.61. The number of ether oxygens (including phenoxy) is 1. The first-order valence-electron chi connectivity index (χ1n) is 4.08. The number of ketones is 1. The maximum absolute atomic E-state index is 11.9. The van der Waals surface area contributed by atoms with Crippen LogP contribution in [-0.2, 0) is 0 Å². The molecule has 0 heterocycles. The molecule has 0 aliphatic rings. The average molecular weight is 254 g/mol. The van der Waals surface area contributed by atoms with Crippen molar-refractivity contribution in [3.05, 3.63) is 23.8 Å². The molecule has 0 aliphatic carbocycles. The van der Waals surface area contributed by atoms with E-state index in [9.17, 15) is 18.0 Å². The summed E-state index contributed by atoms with van der Waals surface area (Å²) in [7, 11) is 0. The van der Waals surface area contributed by atoms with E-state index in [1.807, 2.05) is 0 Å². The lowest BCUT2D eigenvalue weighted by molar-refractivity contribution is -0.274. The van der Waals surface area contributed by atoms with Crippen LogP contribution in [-0.4, -0.2) is 18.0 Å². The van der Waals surface area contributed by atoms with E-state index in [0.29, 0.717) is 0 Å². The van der Waals surface area contributed by atoms with Crippen LogP contribution >= 0.6 is 11.6 Å². The molecule has 0 unspecified atom stereocenters. The van der Waals surface area contributed by atoms with Crippen LogP contribution < -0.4 is 10.5 Å². The molecule has 0 aliphatic heterocycles. The Labute approximate surface area is 93.9 Å². The van der Waals surface area contributed by atoms with Crippen molar-refractivity contribution in [1.82, 2.24) is 0 Å². The molecule has 1 aromatic carbocycles. The fourth-order valence-electron chi connectivity index (χ4n) is 0.998. The predicted molar refractivity (Wildman–Crippen MR) is 52.6 cm³/mol. The van der Waals surface area contributed by atoms with E-state index >= 15 is 0 Å².